The van der Waals surface area contributed by atoms with Crippen LogP contribution in [0.5, 0.6) is 0 Å². The first-order valence-electron chi connectivity index (χ1n) is 8.34. The average molecular weight is 267 g/mol. The summed E-state index contributed by atoms with van der Waals surface area (Å²) in [6, 6.07) is 0.694. The minimum Gasteiger partial charge on any atom is -0.396 e. The Morgan fingerprint density at radius 1 is 1.11 bits per heavy atom. The zero-order valence-corrected chi connectivity index (χ0v) is 13.1. The van der Waals surface area contributed by atoms with Gasteiger partial charge in [0.15, 0.2) is 0 Å². The van der Waals surface area contributed by atoms with Crippen LogP contribution < -0.4 is 5.32 Å². The Kier molecular flexibility index (Phi) is 5.30. The van der Waals surface area contributed by atoms with Crippen LogP contribution in [0.1, 0.15) is 65.7 Å². The first-order chi connectivity index (χ1) is 9.00. The molecule has 0 heterocycles. The first-order valence-corrected chi connectivity index (χ1v) is 8.34. The van der Waals surface area contributed by atoms with Crippen LogP contribution >= 0.6 is 0 Å². The molecule has 4 unspecified atom stereocenters. The maximum atomic E-state index is 9.50. The van der Waals surface area contributed by atoms with Gasteiger partial charge in [-0.25, -0.2) is 0 Å². The quantitative estimate of drug-likeness (QED) is 0.816. The number of aliphatic hydroxyl groups is 1. The second-order valence-electron chi connectivity index (χ2n) is 8.01. The highest BCUT2D eigenvalue weighted by molar-refractivity contribution is 4.87. The van der Waals surface area contributed by atoms with E-state index in [0.717, 1.165) is 12.5 Å². The van der Waals surface area contributed by atoms with Crippen molar-refractivity contribution in [2.75, 3.05) is 13.2 Å². The Bertz CT molecular complexity index is 276. The molecule has 0 aliphatic heterocycles. The number of hydrogen-bond acceptors (Lipinski definition) is 2. The third-order valence-electron chi connectivity index (χ3n) is 5.36. The third kappa shape index (κ3) is 4.46. The topological polar surface area (TPSA) is 32.3 Å². The summed E-state index contributed by atoms with van der Waals surface area (Å²) in [5.74, 6) is 2.11. The molecular weight excluding hydrogens is 234 g/mol. The molecule has 2 saturated carbocycles. The number of rotatable bonds is 4. The van der Waals surface area contributed by atoms with Crippen molar-refractivity contribution in [3.05, 3.63) is 0 Å². The standard InChI is InChI=1S/C17H33NO/c1-13-8-16(10-17(2,3)9-13)18-11-14-6-4-5-7-15(14)12-19/h13-16,18-19H,4-12H2,1-3H3. The maximum Gasteiger partial charge on any atom is 0.0462 e. The smallest absolute Gasteiger partial charge is 0.0462 e. The molecule has 2 aliphatic rings. The van der Waals surface area contributed by atoms with Gasteiger partial charge in [-0.3, -0.25) is 0 Å². The fraction of sp³-hybridized carbons (Fsp3) is 1.00. The molecule has 2 fully saturated rings. The van der Waals surface area contributed by atoms with Gasteiger partial charge in [0.2, 0.25) is 0 Å². The molecule has 0 aromatic rings. The summed E-state index contributed by atoms with van der Waals surface area (Å²) in [6.45, 7) is 8.73. The Morgan fingerprint density at radius 2 is 1.79 bits per heavy atom. The maximum absolute atomic E-state index is 9.50. The van der Waals surface area contributed by atoms with Crippen molar-refractivity contribution < 1.29 is 5.11 Å². The molecule has 0 aromatic carbocycles. The molecule has 112 valence electrons. The van der Waals surface area contributed by atoms with Gasteiger partial charge < -0.3 is 10.4 Å². The van der Waals surface area contributed by atoms with E-state index in [1.54, 1.807) is 0 Å². The normalized spacial score (nSPS) is 39.2. The lowest BCUT2D eigenvalue weighted by atomic mass is 9.70. The van der Waals surface area contributed by atoms with Crippen LogP contribution in [0.2, 0.25) is 0 Å². The van der Waals surface area contributed by atoms with E-state index in [-0.39, 0.29) is 0 Å². The van der Waals surface area contributed by atoms with Crippen LogP contribution in [-0.2, 0) is 0 Å². The van der Waals surface area contributed by atoms with Crippen molar-refractivity contribution >= 4 is 0 Å². The third-order valence-corrected chi connectivity index (χ3v) is 5.36. The molecule has 0 amide bonds. The van der Waals surface area contributed by atoms with Crippen molar-refractivity contribution in [1.82, 2.24) is 5.32 Å². The molecule has 2 aliphatic carbocycles. The summed E-state index contributed by atoms with van der Waals surface area (Å²) in [5, 5.41) is 13.3. The van der Waals surface area contributed by atoms with Gasteiger partial charge in [0.05, 0.1) is 0 Å². The van der Waals surface area contributed by atoms with E-state index in [1.165, 1.54) is 44.9 Å². The molecule has 0 aromatic heterocycles. The van der Waals surface area contributed by atoms with Crippen LogP contribution in [0, 0.1) is 23.2 Å². The largest absolute Gasteiger partial charge is 0.396 e. The molecule has 0 radical (unpaired) electrons. The molecule has 2 nitrogen and oxygen atoms in total. The molecule has 2 rings (SSSR count). The van der Waals surface area contributed by atoms with Crippen molar-refractivity contribution in [3.63, 3.8) is 0 Å². The molecule has 2 heteroatoms. The van der Waals surface area contributed by atoms with E-state index in [0.29, 0.717) is 29.9 Å². The average Bonchev–Trinajstić information content (AvgIpc) is 2.34. The summed E-state index contributed by atoms with van der Waals surface area (Å²) in [4.78, 5) is 0. The van der Waals surface area contributed by atoms with Crippen molar-refractivity contribution in [2.45, 2.75) is 71.8 Å². The lowest BCUT2D eigenvalue weighted by Gasteiger charge is -2.40. The highest BCUT2D eigenvalue weighted by Gasteiger charge is 2.32. The minimum absolute atomic E-state index is 0.388. The number of hydrogen-bond donors (Lipinski definition) is 2. The van der Waals surface area contributed by atoms with E-state index in [9.17, 15) is 5.11 Å². The van der Waals surface area contributed by atoms with Crippen LogP contribution in [0.3, 0.4) is 0 Å². The summed E-state index contributed by atoms with van der Waals surface area (Å²) in [6.07, 6.45) is 9.23. The van der Waals surface area contributed by atoms with Gasteiger partial charge in [-0.05, 0) is 61.8 Å². The Morgan fingerprint density at radius 3 is 2.42 bits per heavy atom. The van der Waals surface area contributed by atoms with Gasteiger partial charge in [0.25, 0.3) is 0 Å². The molecule has 4 atom stereocenters. The van der Waals surface area contributed by atoms with Crippen molar-refractivity contribution in [1.29, 1.82) is 0 Å². The fourth-order valence-corrected chi connectivity index (χ4v) is 4.61. The van der Waals surface area contributed by atoms with E-state index in [4.69, 9.17) is 0 Å². The van der Waals surface area contributed by atoms with Gasteiger partial charge in [0, 0.05) is 12.6 Å². The Hall–Kier alpha value is -0.0800. The van der Waals surface area contributed by atoms with Gasteiger partial charge in [-0.15, -0.1) is 0 Å². The van der Waals surface area contributed by atoms with Gasteiger partial charge in [-0.2, -0.15) is 0 Å². The van der Waals surface area contributed by atoms with Gasteiger partial charge in [0.1, 0.15) is 0 Å². The lowest BCUT2D eigenvalue weighted by Crippen LogP contribution is -2.43. The first kappa shape index (κ1) is 15.3. The molecule has 0 saturated heterocycles. The van der Waals surface area contributed by atoms with E-state index < -0.39 is 0 Å². The van der Waals surface area contributed by atoms with Crippen LogP contribution in [-0.4, -0.2) is 24.3 Å². The van der Waals surface area contributed by atoms with E-state index in [1.807, 2.05) is 0 Å². The molecule has 2 N–H and O–H groups in total. The van der Waals surface area contributed by atoms with Crippen LogP contribution in [0.15, 0.2) is 0 Å². The summed E-state index contributed by atoms with van der Waals surface area (Å²) >= 11 is 0. The SMILES string of the molecule is CC1CC(NCC2CCCCC2CO)CC(C)(C)C1. The zero-order chi connectivity index (χ0) is 13.9. The molecule has 19 heavy (non-hydrogen) atoms. The predicted molar refractivity (Wildman–Crippen MR) is 81.1 cm³/mol. The summed E-state index contributed by atoms with van der Waals surface area (Å²) in [7, 11) is 0. The van der Waals surface area contributed by atoms with E-state index >= 15 is 0 Å². The van der Waals surface area contributed by atoms with E-state index in [2.05, 4.69) is 26.1 Å². The van der Waals surface area contributed by atoms with Crippen molar-refractivity contribution in [3.8, 4) is 0 Å². The Labute approximate surface area is 119 Å². The van der Waals surface area contributed by atoms with Gasteiger partial charge >= 0.3 is 0 Å². The molecule has 0 bridgehead atoms. The monoisotopic (exact) mass is 267 g/mol. The molecule has 0 spiro atoms. The van der Waals surface area contributed by atoms with Gasteiger partial charge in [-0.1, -0.05) is 33.6 Å². The highest BCUT2D eigenvalue weighted by Crippen LogP contribution is 2.38. The summed E-state index contributed by atoms with van der Waals surface area (Å²) < 4.78 is 0. The number of aliphatic hydroxyl groups excluding tert-OH is 1. The zero-order valence-electron chi connectivity index (χ0n) is 13.1. The predicted octanol–water partition coefficient (Wildman–Crippen LogP) is 3.59. The lowest BCUT2D eigenvalue weighted by molar-refractivity contribution is 0.114. The van der Waals surface area contributed by atoms with Crippen molar-refractivity contribution in [2.24, 2.45) is 23.2 Å². The molecular formula is C17H33NO. The second-order valence-corrected chi connectivity index (χ2v) is 8.01. The number of nitrogens with one attached hydrogen (secondary N) is 1. The van der Waals surface area contributed by atoms with Crippen LogP contribution in [0.25, 0.3) is 0 Å². The Balaban J connectivity index is 1.80. The van der Waals surface area contributed by atoms with Crippen LogP contribution in [0.4, 0.5) is 0 Å². The minimum atomic E-state index is 0.388. The highest BCUT2D eigenvalue weighted by atomic mass is 16.3. The summed E-state index contributed by atoms with van der Waals surface area (Å²) in [5.41, 5.74) is 0.498. The second kappa shape index (κ2) is 6.58. The fourth-order valence-electron chi connectivity index (χ4n) is 4.61.